The molecule has 6 nitrogen and oxygen atoms in total. The molecule has 2 heterocycles. The van der Waals surface area contributed by atoms with Crippen LogP contribution in [0.1, 0.15) is 31.0 Å². The number of ether oxygens (including phenoxy) is 1. The molecule has 1 aromatic heterocycles. The van der Waals surface area contributed by atoms with Crippen molar-refractivity contribution in [1.82, 2.24) is 4.57 Å². The Morgan fingerprint density at radius 2 is 1.90 bits per heavy atom. The van der Waals surface area contributed by atoms with Crippen molar-refractivity contribution in [3.05, 3.63) is 95.6 Å². The van der Waals surface area contributed by atoms with E-state index in [-0.39, 0.29) is 17.9 Å². The summed E-state index contributed by atoms with van der Waals surface area (Å²) in [4.78, 5) is 31.2. The summed E-state index contributed by atoms with van der Waals surface area (Å²) < 4.78 is 7.27. The standard InChI is InChI=1S/C23H19ClN2O4S/c1-3-30-22(29)19-13(2)25-23-26(20(19)15-6-8-16(24)9-7-15)21(28)18(31-23)12-14-4-10-17(27)11-5-14/h4-12,20,27H,3H2,1-2H3/b18-12-/t20-/m1/s1. The van der Waals surface area contributed by atoms with E-state index in [1.165, 1.54) is 15.9 Å². The first-order valence-corrected chi connectivity index (χ1v) is 10.8. The summed E-state index contributed by atoms with van der Waals surface area (Å²) in [6.45, 7) is 3.69. The van der Waals surface area contributed by atoms with Gasteiger partial charge in [-0.1, -0.05) is 47.2 Å². The van der Waals surface area contributed by atoms with E-state index in [4.69, 9.17) is 16.3 Å². The number of hydrogen-bond donors (Lipinski definition) is 1. The molecule has 0 bridgehead atoms. The Kier molecular flexibility index (Phi) is 5.80. The Morgan fingerprint density at radius 1 is 1.23 bits per heavy atom. The van der Waals surface area contributed by atoms with Crippen molar-refractivity contribution >= 4 is 35.0 Å². The summed E-state index contributed by atoms with van der Waals surface area (Å²) in [7, 11) is 0. The molecule has 4 rings (SSSR count). The van der Waals surface area contributed by atoms with Crippen LogP contribution in [0.5, 0.6) is 5.75 Å². The molecule has 1 N–H and O–H groups in total. The Hall–Kier alpha value is -3.16. The molecule has 1 atom stereocenters. The molecule has 31 heavy (non-hydrogen) atoms. The summed E-state index contributed by atoms with van der Waals surface area (Å²) in [6, 6.07) is 12.9. The van der Waals surface area contributed by atoms with E-state index in [1.807, 2.05) is 0 Å². The van der Waals surface area contributed by atoms with E-state index in [0.29, 0.717) is 25.6 Å². The molecule has 0 spiro atoms. The van der Waals surface area contributed by atoms with Gasteiger partial charge in [-0.3, -0.25) is 9.36 Å². The van der Waals surface area contributed by atoms with Crippen LogP contribution in [0, 0.1) is 0 Å². The normalized spacial score (nSPS) is 16.1. The largest absolute Gasteiger partial charge is 0.508 e. The number of allylic oxidation sites excluding steroid dienone is 1. The molecule has 3 aromatic rings. The minimum absolute atomic E-state index is 0.149. The van der Waals surface area contributed by atoms with Gasteiger partial charge in [-0.05, 0) is 55.3 Å². The highest BCUT2D eigenvalue weighted by molar-refractivity contribution is 7.07. The number of carbonyl (C=O) groups excluding carboxylic acids is 1. The van der Waals surface area contributed by atoms with Crippen LogP contribution in [0.2, 0.25) is 5.02 Å². The van der Waals surface area contributed by atoms with Gasteiger partial charge in [-0.15, -0.1) is 0 Å². The highest BCUT2D eigenvalue weighted by Crippen LogP contribution is 2.31. The molecular weight excluding hydrogens is 436 g/mol. The maximum absolute atomic E-state index is 13.4. The van der Waals surface area contributed by atoms with E-state index in [0.717, 1.165) is 11.1 Å². The molecule has 0 unspecified atom stereocenters. The number of aromatic hydroxyl groups is 1. The quantitative estimate of drug-likeness (QED) is 0.614. The number of halogens is 1. The van der Waals surface area contributed by atoms with Crippen molar-refractivity contribution in [1.29, 1.82) is 0 Å². The lowest BCUT2D eigenvalue weighted by atomic mass is 9.96. The van der Waals surface area contributed by atoms with Crippen molar-refractivity contribution in [2.75, 3.05) is 6.61 Å². The van der Waals surface area contributed by atoms with Gasteiger partial charge in [0.05, 0.1) is 28.5 Å². The third-order valence-electron chi connectivity index (χ3n) is 4.89. The minimum atomic E-state index is -0.672. The Labute approximate surface area is 187 Å². The van der Waals surface area contributed by atoms with Crippen LogP contribution in [0.3, 0.4) is 0 Å². The Morgan fingerprint density at radius 3 is 2.55 bits per heavy atom. The molecule has 0 aliphatic carbocycles. The summed E-state index contributed by atoms with van der Waals surface area (Å²) in [5.41, 5.74) is 2.08. The number of phenolic OH excluding ortho intramolecular Hbond substituents is 1. The number of nitrogens with zero attached hydrogens (tertiary/aromatic N) is 2. The molecular formula is C23H19ClN2O4S. The average molecular weight is 455 g/mol. The smallest absolute Gasteiger partial charge is 0.338 e. The number of benzene rings is 2. The number of hydrogen-bond acceptors (Lipinski definition) is 6. The van der Waals surface area contributed by atoms with E-state index >= 15 is 0 Å². The van der Waals surface area contributed by atoms with Crippen LogP contribution in [0.25, 0.3) is 6.08 Å². The zero-order valence-electron chi connectivity index (χ0n) is 16.8. The predicted octanol–water partition coefficient (Wildman–Crippen LogP) is 3.16. The van der Waals surface area contributed by atoms with Gasteiger partial charge < -0.3 is 9.84 Å². The molecule has 2 aromatic carbocycles. The van der Waals surface area contributed by atoms with Crippen LogP contribution in [-0.4, -0.2) is 22.2 Å². The van der Waals surface area contributed by atoms with Crippen molar-refractivity contribution in [2.45, 2.75) is 19.9 Å². The molecule has 0 saturated heterocycles. The third-order valence-corrected chi connectivity index (χ3v) is 6.13. The monoisotopic (exact) mass is 454 g/mol. The fourth-order valence-electron chi connectivity index (χ4n) is 3.47. The molecule has 0 fully saturated rings. The first-order chi connectivity index (χ1) is 14.9. The molecule has 0 amide bonds. The average Bonchev–Trinajstić information content (AvgIpc) is 3.04. The highest BCUT2D eigenvalue weighted by atomic mass is 35.5. The molecule has 0 radical (unpaired) electrons. The maximum atomic E-state index is 13.4. The molecule has 1 aliphatic rings. The van der Waals surface area contributed by atoms with Crippen LogP contribution in [0.4, 0.5) is 0 Å². The number of rotatable bonds is 4. The zero-order chi connectivity index (χ0) is 22.1. The molecule has 0 saturated carbocycles. The number of aromatic nitrogens is 1. The zero-order valence-corrected chi connectivity index (χ0v) is 18.4. The van der Waals surface area contributed by atoms with Crippen molar-refractivity contribution in [3.63, 3.8) is 0 Å². The van der Waals surface area contributed by atoms with E-state index in [2.05, 4.69) is 4.99 Å². The first kappa shape index (κ1) is 21.1. The van der Waals surface area contributed by atoms with Gasteiger partial charge in [0.2, 0.25) is 0 Å². The van der Waals surface area contributed by atoms with Gasteiger partial charge in [-0.25, -0.2) is 9.79 Å². The second-order valence-corrected chi connectivity index (χ2v) is 8.39. The maximum Gasteiger partial charge on any atom is 0.338 e. The van der Waals surface area contributed by atoms with Crippen molar-refractivity contribution in [2.24, 2.45) is 4.99 Å². The Bertz CT molecular complexity index is 1350. The Balaban J connectivity index is 1.94. The van der Waals surface area contributed by atoms with E-state index < -0.39 is 12.0 Å². The number of esters is 1. The second-order valence-electron chi connectivity index (χ2n) is 6.95. The number of phenols is 1. The van der Waals surface area contributed by atoms with Crippen molar-refractivity contribution in [3.8, 4) is 5.75 Å². The molecule has 1 aliphatic heterocycles. The number of thiazole rings is 1. The second kappa shape index (κ2) is 8.53. The van der Waals surface area contributed by atoms with E-state index in [1.54, 1.807) is 68.5 Å². The fourth-order valence-corrected chi connectivity index (χ4v) is 4.65. The first-order valence-electron chi connectivity index (χ1n) is 9.63. The van der Waals surface area contributed by atoms with Gasteiger partial charge >= 0.3 is 5.97 Å². The molecule has 8 heteroatoms. The summed E-state index contributed by atoms with van der Waals surface area (Å²) in [6.07, 6.45) is 1.74. The fraction of sp³-hybridized carbons (Fsp3) is 0.174. The van der Waals surface area contributed by atoms with Crippen molar-refractivity contribution < 1.29 is 14.6 Å². The lowest BCUT2D eigenvalue weighted by Crippen LogP contribution is -2.39. The van der Waals surface area contributed by atoms with Gasteiger partial charge in [0.25, 0.3) is 5.56 Å². The lowest BCUT2D eigenvalue weighted by Gasteiger charge is -2.24. The SMILES string of the molecule is CCOC(=O)C1=C(C)N=c2s/c(=C\c3ccc(O)cc3)c(=O)n2[C@@H]1c1ccc(Cl)cc1. The minimum Gasteiger partial charge on any atom is -0.508 e. The number of fused-ring (bicyclic) bond motifs is 1. The predicted molar refractivity (Wildman–Crippen MR) is 120 cm³/mol. The summed E-state index contributed by atoms with van der Waals surface area (Å²) in [5.74, 6) is -0.354. The van der Waals surface area contributed by atoms with Gasteiger partial charge in [0, 0.05) is 5.02 Å². The lowest BCUT2D eigenvalue weighted by molar-refractivity contribution is -0.139. The van der Waals surface area contributed by atoms with Gasteiger partial charge in [0.15, 0.2) is 4.80 Å². The van der Waals surface area contributed by atoms with Crippen LogP contribution < -0.4 is 14.9 Å². The van der Waals surface area contributed by atoms with E-state index in [9.17, 15) is 14.7 Å². The molecule has 158 valence electrons. The van der Waals surface area contributed by atoms with Gasteiger partial charge in [0.1, 0.15) is 5.75 Å². The van der Waals surface area contributed by atoms with Crippen LogP contribution in [-0.2, 0) is 9.53 Å². The highest BCUT2D eigenvalue weighted by Gasteiger charge is 2.33. The van der Waals surface area contributed by atoms with Crippen LogP contribution >= 0.6 is 22.9 Å². The number of carbonyl (C=O) groups is 1. The van der Waals surface area contributed by atoms with Crippen LogP contribution in [0.15, 0.2) is 69.6 Å². The summed E-state index contributed by atoms with van der Waals surface area (Å²) in [5, 5.41) is 10.1. The van der Waals surface area contributed by atoms with Gasteiger partial charge in [-0.2, -0.15) is 0 Å². The topological polar surface area (TPSA) is 80.9 Å². The summed E-state index contributed by atoms with van der Waals surface area (Å²) >= 11 is 7.30. The third kappa shape index (κ3) is 4.06.